The molecule has 1 aromatic rings. The van der Waals surface area contributed by atoms with Crippen LogP contribution < -0.4 is 0 Å². The second-order valence-electron chi connectivity index (χ2n) is 2.47. The Bertz CT molecular complexity index is 256. The van der Waals surface area contributed by atoms with Crippen LogP contribution in [0, 0.1) is 5.82 Å². The minimum atomic E-state index is -0.817. The minimum absolute atomic E-state index is 0.0473. The average Bonchev–Trinajstić information content (AvgIpc) is 2.06. The number of hydrogen-bond acceptors (Lipinski definition) is 2. The molecule has 0 unspecified atom stereocenters. The van der Waals surface area contributed by atoms with Gasteiger partial charge >= 0.3 is 0 Å². The first-order valence-electron chi connectivity index (χ1n) is 3.61. The highest BCUT2D eigenvalue weighted by Crippen LogP contribution is 2.15. The fourth-order valence-corrected chi connectivity index (χ4v) is 0.912. The first kappa shape index (κ1) is 8.87. The van der Waals surface area contributed by atoms with Crippen molar-refractivity contribution in [2.75, 3.05) is 0 Å². The monoisotopic (exact) mass is 168 g/mol. The minimum Gasteiger partial charge on any atom is -0.388 e. The zero-order chi connectivity index (χ0) is 8.97. The Kier molecular flexibility index (Phi) is 2.94. The van der Waals surface area contributed by atoms with E-state index in [9.17, 15) is 14.3 Å². The molecule has 0 heterocycles. The Hall–Kier alpha value is -1.22. The van der Waals surface area contributed by atoms with Crippen LogP contribution in [0.3, 0.4) is 0 Å². The van der Waals surface area contributed by atoms with Crippen LogP contribution in [0.2, 0.25) is 0 Å². The van der Waals surface area contributed by atoms with Gasteiger partial charge in [-0.25, -0.2) is 4.39 Å². The van der Waals surface area contributed by atoms with Gasteiger partial charge in [-0.2, -0.15) is 0 Å². The first-order valence-corrected chi connectivity index (χ1v) is 3.61. The van der Waals surface area contributed by atoms with Gasteiger partial charge in [-0.15, -0.1) is 0 Å². The maximum atomic E-state index is 12.4. The van der Waals surface area contributed by atoms with E-state index in [1.54, 1.807) is 0 Å². The summed E-state index contributed by atoms with van der Waals surface area (Å²) >= 11 is 0. The summed E-state index contributed by atoms with van der Waals surface area (Å²) in [5.74, 6) is -0.350. The summed E-state index contributed by atoms with van der Waals surface area (Å²) in [4.78, 5) is 10.0. The van der Waals surface area contributed by atoms with Crippen molar-refractivity contribution in [2.45, 2.75) is 12.5 Å². The number of benzene rings is 1. The van der Waals surface area contributed by atoms with Crippen molar-refractivity contribution in [3.8, 4) is 0 Å². The van der Waals surface area contributed by atoms with Gasteiger partial charge in [-0.05, 0) is 17.7 Å². The third-order valence-electron chi connectivity index (χ3n) is 1.57. The van der Waals surface area contributed by atoms with Gasteiger partial charge in [0.05, 0.1) is 6.10 Å². The van der Waals surface area contributed by atoms with Gasteiger partial charge in [-0.1, -0.05) is 12.1 Å². The van der Waals surface area contributed by atoms with Crippen molar-refractivity contribution in [3.05, 3.63) is 35.6 Å². The second-order valence-corrected chi connectivity index (χ2v) is 2.47. The number of carbonyl (C=O) groups excluding carboxylic acids is 1. The van der Waals surface area contributed by atoms with Crippen LogP contribution in [0.25, 0.3) is 0 Å². The number of rotatable bonds is 3. The lowest BCUT2D eigenvalue weighted by Gasteiger charge is -2.05. The summed E-state index contributed by atoms with van der Waals surface area (Å²) < 4.78 is 12.4. The SMILES string of the molecule is O=CC[C@H](O)c1ccc(F)cc1. The normalized spacial score (nSPS) is 12.5. The Morgan fingerprint density at radius 1 is 1.42 bits per heavy atom. The van der Waals surface area contributed by atoms with Crippen LogP contribution in [-0.4, -0.2) is 11.4 Å². The zero-order valence-corrected chi connectivity index (χ0v) is 6.40. The summed E-state index contributed by atoms with van der Waals surface area (Å²) in [5.41, 5.74) is 0.559. The number of aliphatic hydroxyl groups excluding tert-OH is 1. The average molecular weight is 168 g/mol. The summed E-state index contributed by atoms with van der Waals surface area (Å²) in [6.45, 7) is 0. The first-order chi connectivity index (χ1) is 5.74. The number of hydrogen-bond donors (Lipinski definition) is 1. The zero-order valence-electron chi connectivity index (χ0n) is 6.40. The third kappa shape index (κ3) is 2.13. The van der Waals surface area contributed by atoms with Gasteiger partial charge in [0.2, 0.25) is 0 Å². The van der Waals surface area contributed by atoms with Crippen molar-refractivity contribution >= 4 is 6.29 Å². The number of carbonyl (C=O) groups is 1. The summed E-state index contributed by atoms with van der Waals surface area (Å²) in [6, 6.07) is 5.43. The topological polar surface area (TPSA) is 37.3 Å². The lowest BCUT2D eigenvalue weighted by atomic mass is 10.1. The molecule has 64 valence electrons. The molecule has 0 aliphatic carbocycles. The highest BCUT2D eigenvalue weighted by Gasteiger charge is 2.05. The van der Waals surface area contributed by atoms with Crippen LogP contribution >= 0.6 is 0 Å². The van der Waals surface area contributed by atoms with Crippen molar-refractivity contribution in [2.24, 2.45) is 0 Å². The lowest BCUT2D eigenvalue weighted by molar-refractivity contribution is -0.109. The quantitative estimate of drug-likeness (QED) is 0.693. The molecule has 0 aromatic heterocycles. The van der Waals surface area contributed by atoms with Crippen molar-refractivity contribution in [3.63, 3.8) is 0 Å². The number of aldehydes is 1. The third-order valence-corrected chi connectivity index (χ3v) is 1.57. The molecule has 1 aromatic carbocycles. The summed E-state index contributed by atoms with van der Waals surface area (Å²) in [7, 11) is 0. The van der Waals surface area contributed by atoms with Gasteiger partial charge in [-0.3, -0.25) is 0 Å². The number of aliphatic hydroxyl groups is 1. The van der Waals surface area contributed by atoms with Gasteiger partial charge in [0.1, 0.15) is 12.1 Å². The van der Waals surface area contributed by atoms with E-state index >= 15 is 0 Å². The molecule has 2 nitrogen and oxygen atoms in total. The molecule has 1 N–H and O–H groups in total. The molecule has 0 amide bonds. The largest absolute Gasteiger partial charge is 0.388 e. The van der Waals surface area contributed by atoms with Crippen LogP contribution in [0.15, 0.2) is 24.3 Å². The Labute approximate surface area is 69.6 Å². The maximum Gasteiger partial charge on any atom is 0.123 e. The second kappa shape index (κ2) is 3.97. The summed E-state index contributed by atoms with van der Waals surface area (Å²) in [5, 5.41) is 9.26. The molecular formula is C9H9FO2. The van der Waals surface area contributed by atoms with Crippen molar-refractivity contribution in [1.82, 2.24) is 0 Å². The van der Waals surface area contributed by atoms with Crippen molar-refractivity contribution in [1.29, 1.82) is 0 Å². The molecule has 0 spiro atoms. The molecular weight excluding hydrogens is 159 g/mol. The van der Waals surface area contributed by atoms with Gasteiger partial charge in [0.25, 0.3) is 0 Å². The molecule has 0 aliphatic rings. The van der Waals surface area contributed by atoms with Gasteiger partial charge in [0.15, 0.2) is 0 Å². The molecule has 0 fully saturated rings. The number of halogens is 1. The van der Waals surface area contributed by atoms with Crippen LogP contribution in [0.5, 0.6) is 0 Å². The smallest absolute Gasteiger partial charge is 0.123 e. The highest BCUT2D eigenvalue weighted by molar-refractivity contribution is 5.50. The molecule has 0 bridgehead atoms. The van der Waals surface area contributed by atoms with Crippen LogP contribution in [0.4, 0.5) is 4.39 Å². The summed E-state index contributed by atoms with van der Waals surface area (Å²) in [6.07, 6.45) is -0.136. The fraction of sp³-hybridized carbons (Fsp3) is 0.222. The van der Waals surface area contributed by atoms with Gasteiger partial charge < -0.3 is 9.90 Å². The molecule has 1 rings (SSSR count). The standard InChI is InChI=1S/C9H9FO2/c10-8-3-1-7(2-4-8)9(12)5-6-11/h1-4,6,9,12H,5H2/t9-/m0/s1. The van der Waals surface area contributed by atoms with E-state index in [1.807, 2.05) is 0 Å². The van der Waals surface area contributed by atoms with E-state index in [0.29, 0.717) is 11.8 Å². The maximum absolute atomic E-state index is 12.4. The Morgan fingerprint density at radius 2 is 2.00 bits per heavy atom. The molecule has 0 saturated heterocycles. The fourth-order valence-electron chi connectivity index (χ4n) is 0.912. The lowest BCUT2D eigenvalue weighted by Crippen LogP contribution is -1.97. The molecule has 3 heteroatoms. The Morgan fingerprint density at radius 3 is 2.50 bits per heavy atom. The molecule has 12 heavy (non-hydrogen) atoms. The van der Waals surface area contributed by atoms with E-state index in [4.69, 9.17) is 0 Å². The van der Waals surface area contributed by atoms with E-state index in [1.165, 1.54) is 24.3 Å². The highest BCUT2D eigenvalue weighted by atomic mass is 19.1. The molecule has 0 aliphatic heterocycles. The molecule has 1 atom stereocenters. The predicted molar refractivity (Wildman–Crippen MR) is 42.0 cm³/mol. The van der Waals surface area contributed by atoms with E-state index in [0.717, 1.165) is 0 Å². The molecule has 0 saturated carbocycles. The van der Waals surface area contributed by atoms with E-state index in [-0.39, 0.29) is 12.2 Å². The van der Waals surface area contributed by atoms with E-state index in [2.05, 4.69) is 0 Å². The molecule has 0 radical (unpaired) electrons. The predicted octanol–water partition coefficient (Wildman–Crippen LogP) is 1.45. The van der Waals surface area contributed by atoms with Crippen molar-refractivity contribution < 1.29 is 14.3 Å². The van der Waals surface area contributed by atoms with Crippen LogP contribution in [0.1, 0.15) is 18.1 Å². The van der Waals surface area contributed by atoms with Gasteiger partial charge in [0, 0.05) is 6.42 Å². The van der Waals surface area contributed by atoms with Crippen LogP contribution in [-0.2, 0) is 4.79 Å². The van der Waals surface area contributed by atoms with E-state index < -0.39 is 6.10 Å². The Balaban J connectivity index is 2.74.